The van der Waals surface area contributed by atoms with Crippen molar-refractivity contribution in [3.63, 3.8) is 0 Å². The van der Waals surface area contributed by atoms with Gasteiger partial charge in [-0.15, -0.1) is 0 Å². The maximum absolute atomic E-state index is 13.3. The molecule has 1 aliphatic rings. The Morgan fingerprint density at radius 1 is 1.19 bits per heavy atom. The molecule has 1 unspecified atom stereocenters. The number of rotatable bonds is 4. The van der Waals surface area contributed by atoms with Crippen molar-refractivity contribution in [2.45, 2.75) is 23.4 Å². The molecule has 1 fully saturated rings. The van der Waals surface area contributed by atoms with Crippen LogP contribution in [0.3, 0.4) is 0 Å². The number of hydrogen-bond donors (Lipinski definition) is 1. The van der Waals surface area contributed by atoms with Crippen LogP contribution >= 0.6 is 0 Å². The number of primary sulfonamides is 1. The summed E-state index contributed by atoms with van der Waals surface area (Å²) < 4.78 is 68.3. The zero-order valence-corrected chi connectivity index (χ0v) is 15.3. The SMILES string of the molecule is COc1ccccc1C1CCN(c2ccc(S(N)(=O)=O)c(C(F)(F)F)c2)C1. The summed E-state index contributed by atoms with van der Waals surface area (Å²) in [5, 5.41) is 4.93. The van der Waals surface area contributed by atoms with Crippen LogP contribution in [0.25, 0.3) is 0 Å². The molecule has 5 nitrogen and oxygen atoms in total. The van der Waals surface area contributed by atoms with Gasteiger partial charge in [-0.1, -0.05) is 18.2 Å². The van der Waals surface area contributed by atoms with Gasteiger partial charge in [0.25, 0.3) is 0 Å². The highest BCUT2D eigenvalue weighted by atomic mass is 32.2. The molecule has 0 spiro atoms. The van der Waals surface area contributed by atoms with Crippen molar-refractivity contribution in [3.05, 3.63) is 53.6 Å². The van der Waals surface area contributed by atoms with Crippen molar-refractivity contribution in [1.82, 2.24) is 0 Å². The van der Waals surface area contributed by atoms with Gasteiger partial charge in [-0.2, -0.15) is 13.2 Å². The minimum absolute atomic E-state index is 0.105. The summed E-state index contributed by atoms with van der Waals surface area (Å²) in [7, 11) is -2.90. The number of halogens is 3. The first kappa shape index (κ1) is 19.5. The van der Waals surface area contributed by atoms with Crippen molar-refractivity contribution in [2.24, 2.45) is 5.14 Å². The molecule has 2 N–H and O–H groups in total. The molecule has 1 heterocycles. The van der Waals surface area contributed by atoms with Crippen molar-refractivity contribution in [1.29, 1.82) is 0 Å². The second-order valence-corrected chi connectivity index (χ2v) is 7.93. The van der Waals surface area contributed by atoms with Crippen molar-refractivity contribution in [3.8, 4) is 5.75 Å². The fourth-order valence-electron chi connectivity index (χ4n) is 3.44. The van der Waals surface area contributed by atoms with E-state index in [1.165, 1.54) is 6.07 Å². The monoisotopic (exact) mass is 400 g/mol. The number of benzene rings is 2. The highest BCUT2D eigenvalue weighted by Crippen LogP contribution is 2.39. The van der Waals surface area contributed by atoms with Crippen LogP contribution in [-0.4, -0.2) is 28.6 Å². The van der Waals surface area contributed by atoms with Gasteiger partial charge in [0.1, 0.15) is 5.75 Å². The number of hydrogen-bond acceptors (Lipinski definition) is 4. The zero-order valence-electron chi connectivity index (χ0n) is 14.5. The third-order valence-electron chi connectivity index (χ3n) is 4.71. The van der Waals surface area contributed by atoms with Crippen LogP contribution in [0.4, 0.5) is 18.9 Å². The van der Waals surface area contributed by atoms with Gasteiger partial charge in [0.2, 0.25) is 10.0 Å². The predicted molar refractivity (Wildman–Crippen MR) is 95.4 cm³/mol. The fraction of sp³-hybridized carbons (Fsp3) is 0.333. The molecule has 2 aromatic rings. The number of anilines is 1. The van der Waals surface area contributed by atoms with Crippen LogP contribution in [0.1, 0.15) is 23.5 Å². The third-order valence-corrected chi connectivity index (χ3v) is 5.68. The third kappa shape index (κ3) is 4.03. The average Bonchev–Trinajstić information content (AvgIpc) is 3.09. The molecule has 9 heteroatoms. The van der Waals surface area contributed by atoms with E-state index in [2.05, 4.69) is 0 Å². The number of alkyl halides is 3. The second kappa shape index (κ2) is 7.05. The lowest BCUT2D eigenvalue weighted by Gasteiger charge is -2.22. The van der Waals surface area contributed by atoms with Gasteiger partial charge in [-0.25, -0.2) is 13.6 Å². The maximum atomic E-state index is 13.3. The summed E-state index contributed by atoms with van der Waals surface area (Å²) in [6.07, 6.45) is -4.07. The Kier molecular flexibility index (Phi) is 5.09. The Bertz CT molecular complexity index is 945. The number of para-hydroxylation sites is 1. The van der Waals surface area contributed by atoms with Gasteiger partial charge in [0, 0.05) is 24.7 Å². The van der Waals surface area contributed by atoms with Crippen LogP contribution in [0, 0.1) is 0 Å². The Morgan fingerprint density at radius 2 is 1.89 bits per heavy atom. The Balaban J connectivity index is 1.92. The molecule has 2 aromatic carbocycles. The van der Waals surface area contributed by atoms with E-state index >= 15 is 0 Å². The van der Waals surface area contributed by atoms with Gasteiger partial charge in [-0.05, 0) is 36.2 Å². The van der Waals surface area contributed by atoms with Gasteiger partial charge < -0.3 is 9.64 Å². The Labute approximate surface area is 155 Å². The number of ether oxygens (including phenoxy) is 1. The van der Waals surface area contributed by atoms with Crippen LogP contribution in [0.5, 0.6) is 5.75 Å². The summed E-state index contributed by atoms with van der Waals surface area (Å²) >= 11 is 0. The molecule has 1 saturated heterocycles. The van der Waals surface area contributed by atoms with E-state index in [0.717, 1.165) is 29.9 Å². The molecule has 1 aliphatic heterocycles. The molecule has 0 radical (unpaired) electrons. The lowest BCUT2D eigenvalue weighted by molar-refractivity contribution is -0.139. The average molecular weight is 400 g/mol. The first-order valence-corrected chi connectivity index (χ1v) is 9.78. The Morgan fingerprint density at radius 3 is 2.52 bits per heavy atom. The zero-order chi connectivity index (χ0) is 19.8. The molecular weight excluding hydrogens is 381 g/mol. The quantitative estimate of drug-likeness (QED) is 0.854. The van der Waals surface area contributed by atoms with Gasteiger partial charge in [0.05, 0.1) is 17.6 Å². The number of methoxy groups -OCH3 is 1. The van der Waals surface area contributed by atoms with E-state index in [9.17, 15) is 21.6 Å². The Hall–Kier alpha value is -2.26. The summed E-state index contributed by atoms with van der Waals surface area (Å²) in [6, 6.07) is 10.7. The fourth-order valence-corrected chi connectivity index (χ4v) is 4.18. The van der Waals surface area contributed by atoms with E-state index in [1.54, 1.807) is 12.0 Å². The van der Waals surface area contributed by atoms with E-state index in [4.69, 9.17) is 9.88 Å². The van der Waals surface area contributed by atoms with Crippen molar-refractivity contribution in [2.75, 3.05) is 25.1 Å². The van der Waals surface area contributed by atoms with E-state index in [0.29, 0.717) is 18.8 Å². The van der Waals surface area contributed by atoms with Gasteiger partial charge in [-0.3, -0.25) is 0 Å². The smallest absolute Gasteiger partial charge is 0.417 e. The molecule has 0 saturated carbocycles. The maximum Gasteiger partial charge on any atom is 0.417 e. The first-order valence-electron chi connectivity index (χ1n) is 8.23. The molecule has 0 aliphatic carbocycles. The molecule has 0 bridgehead atoms. The summed E-state index contributed by atoms with van der Waals surface area (Å²) in [6.45, 7) is 1.06. The van der Waals surface area contributed by atoms with E-state index in [-0.39, 0.29) is 5.92 Å². The number of nitrogens with zero attached hydrogens (tertiary/aromatic N) is 1. The molecule has 27 heavy (non-hydrogen) atoms. The lowest BCUT2D eigenvalue weighted by Crippen LogP contribution is -2.23. The van der Waals surface area contributed by atoms with Crippen molar-refractivity contribution >= 4 is 15.7 Å². The molecule has 3 rings (SSSR count). The van der Waals surface area contributed by atoms with Crippen molar-refractivity contribution < 1.29 is 26.3 Å². The van der Waals surface area contributed by atoms with Crippen LogP contribution < -0.4 is 14.8 Å². The van der Waals surface area contributed by atoms with E-state index < -0.39 is 26.7 Å². The number of sulfonamides is 1. The lowest BCUT2D eigenvalue weighted by atomic mass is 9.97. The molecule has 0 aromatic heterocycles. The normalized spacial score (nSPS) is 18.0. The number of nitrogens with two attached hydrogens (primary N) is 1. The minimum Gasteiger partial charge on any atom is -0.496 e. The largest absolute Gasteiger partial charge is 0.496 e. The predicted octanol–water partition coefficient (Wildman–Crippen LogP) is 3.36. The molecular formula is C18H19F3N2O3S. The van der Waals surface area contributed by atoms with Gasteiger partial charge in [0.15, 0.2) is 0 Å². The van der Waals surface area contributed by atoms with E-state index in [1.807, 2.05) is 24.3 Å². The molecule has 146 valence electrons. The molecule has 0 amide bonds. The highest BCUT2D eigenvalue weighted by Gasteiger charge is 2.37. The summed E-state index contributed by atoms with van der Waals surface area (Å²) in [5.41, 5.74) is 0.0649. The van der Waals surface area contributed by atoms with Crippen LogP contribution in [0.15, 0.2) is 47.4 Å². The summed E-state index contributed by atoms with van der Waals surface area (Å²) in [4.78, 5) is 0.887. The summed E-state index contributed by atoms with van der Waals surface area (Å²) in [5.74, 6) is 0.846. The second-order valence-electron chi connectivity index (χ2n) is 6.40. The van der Waals surface area contributed by atoms with Gasteiger partial charge >= 0.3 is 6.18 Å². The topological polar surface area (TPSA) is 72.6 Å². The minimum atomic E-state index is -4.82. The molecule has 1 atom stereocenters. The standard InChI is InChI=1S/C18H19F3N2O3S/c1-26-16-5-3-2-4-14(16)12-8-9-23(11-12)13-6-7-17(27(22,24)25)15(10-13)18(19,20)21/h2-7,10,12H,8-9,11H2,1H3,(H2,22,24,25). The van der Waals surface area contributed by atoms with Crippen LogP contribution in [0.2, 0.25) is 0 Å². The highest BCUT2D eigenvalue weighted by molar-refractivity contribution is 7.89. The van der Waals surface area contributed by atoms with Crippen LogP contribution in [-0.2, 0) is 16.2 Å². The first-order chi connectivity index (χ1) is 12.6.